The molecule has 234 valence electrons. The van der Waals surface area contributed by atoms with Crippen molar-refractivity contribution in [2.75, 3.05) is 20.3 Å². The number of hydrogen-bond acceptors (Lipinski definition) is 12. The Bertz CT molecular complexity index is 1600. The molecule has 2 aliphatic carbocycles. The van der Waals surface area contributed by atoms with Gasteiger partial charge in [0.2, 0.25) is 5.78 Å². The third kappa shape index (κ3) is 4.51. The number of aliphatic hydroxyl groups excluding tert-OH is 2. The number of aliphatic hydroxyl groups is 3. The molecule has 0 aromatic heterocycles. The van der Waals surface area contributed by atoms with Crippen LogP contribution in [-0.4, -0.2) is 98.2 Å². The van der Waals surface area contributed by atoms with Crippen LogP contribution >= 0.6 is 0 Å². The third-order valence-electron chi connectivity index (χ3n) is 9.39. The summed E-state index contributed by atoms with van der Waals surface area (Å²) in [6.07, 6.45) is -1.74. The predicted molar refractivity (Wildman–Crippen MR) is 153 cm³/mol. The molecule has 6 rings (SSSR count). The first kappa shape index (κ1) is 30.2. The van der Waals surface area contributed by atoms with Gasteiger partial charge in [-0.2, -0.15) is 0 Å². The van der Waals surface area contributed by atoms with Crippen LogP contribution in [-0.2, 0) is 20.7 Å². The van der Waals surface area contributed by atoms with E-state index in [2.05, 4.69) is 11.0 Å². The van der Waals surface area contributed by atoms with Crippen molar-refractivity contribution >= 4 is 17.3 Å². The van der Waals surface area contributed by atoms with Gasteiger partial charge in [-0.25, -0.2) is 0 Å². The second-order valence-electron chi connectivity index (χ2n) is 11.9. The molecule has 12 heteroatoms. The molecule has 0 amide bonds. The van der Waals surface area contributed by atoms with Crippen LogP contribution in [0.15, 0.2) is 30.0 Å². The van der Waals surface area contributed by atoms with E-state index in [-0.39, 0.29) is 40.5 Å². The Morgan fingerprint density at radius 1 is 1.14 bits per heavy atom. The van der Waals surface area contributed by atoms with E-state index >= 15 is 0 Å². The Balaban J connectivity index is 1.46. The van der Waals surface area contributed by atoms with Gasteiger partial charge >= 0.3 is 0 Å². The van der Waals surface area contributed by atoms with E-state index in [0.29, 0.717) is 6.54 Å². The number of phenols is 2. The monoisotopic (exact) mass is 609 g/mol. The first-order chi connectivity index (χ1) is 20.9. The van der Waals surface area contributed by atoms with Crippen molar-refractivity contribution in [2.24, 2.45) is 0 Å². The number of rotatable bonds is 6. The summed E-state index contributed by atoms with van der Waals surface area (Å²) in [5.41, 5.74) is -2.49. The third-order valence-corrected chi connectivity index (χ3v) is 9.39. The van der Waals surface area contributed by atoms with Gasteiger partial charge in [0, 0.05) is 48.2 Å². The highest BCUT2D eigenvalue weighted by Gasteiger charge is 2.50. The summed E-state index contributed by atoms with van der Waals surface area (Å²) in [5, 5.41) is 55.3. The lowest BCUT2D eigenvalue weighted by Crippen LogP contribution is -2.55. The molecule has 5 N–H and O–H groups in total. The number of ether oxygens (including phenoxy) is 3. The van der Waals surface area contributed by atoms with Crippen molar-refractivity contribution < 1.29 is 54.1 Å². The highest BCUT2D eigenvalue weighted by molar-refractivity contribution is 6.31. The lowest BCUT2D eigenvalue weighted by molar-refractivity contribution is -0.256. The largest absolute Gasteiger partial charge is 0.507 e. The minimum Gasteiger partial charge on any atom is -0.507 e. The average Bonchev–Trinajstić information content (AvgIpc) is 3.43. The van der Waals surface area contributed by atoms with E-state index in [1.54, 1.807) is 6.92 Å². The van der Waals surface area contributed by atoms with Gasteiger partial charge in [-0.15, -0.1) is 0 Å². The maximum Gasteiger partial charge on any atom is 0.202 e. The second kappa shape index (κ2) is 11.0. The standard InChI is InChI=1S/C32H35NO11/c1-14-6-5-9-33(14)18-10-22(43-15(2)27(18)36)44-20-12-32(41,21(35)13-34)11-17-24(20)31(40)26-25(29(17)38)28(37)16-7-4-8-19(42-3)23(16)30(26)39/h4,6-8,15,18,20,22,27,34,36,38,40-41H,5,9-13H2,1-3H3/t15?,18?,20-,22?,27?,32-/m0/s1. The van der Waals surface area contributed by atoms with Gasteiger partial charge in [-0.05, 0) is 26.3 Å². The fourth-order valence-corrected chi connectivity index (χ4v) is 7.14. The van der Waals surface area contributed by atoms with Crippen molar-refractivity contribution in [3.8, 4) is 17.2 Å². The first-order valence-corrected chi connectivity index (χ1v) is 14.6. The number of nitrogens with zero attached hydrogens (tertiary/aromatic N) is 1. The highest BCUT2D eigenvalue weighted by atomic mass is 16.7. The zero-order valence-electron chi connectivity index (χ0n) is 24.6. The smallest absolute Gasteiger partial charge is 0.202 e. The number of aromatic hydroxyl groups is 2. The summed E-state index contributed by atoms with van der Waals surface area (Å²) in [4.78, 5) is 42.4. The summed E-state index contributed by atoms with van der Waals surface area (Å²) in [6, 6.07) is 4.04. The maximum absolute atomic E-state index is 13.8. The van der Waals surface area contributed by atoms with Gasteiger partial charge in [-0.3, -0.25) is 14.4 Å². The van der Waals surface area contributed by atoms with Crippen LogP contribution in [0.25, 0.3) is 0 Å². The van der Waals surface area contributed by atoms with Crippen LogP contribution < -0.4 is 4.74 Å². The molecule has 2 heterocycles. The highest BCUT2D eigenvalue weighted by Crippen LogP contribution is 2.52. The SMILES string of the molecule is COc1cccc2c1C(=O)c1c(O)c3c(c(O)c1C2=O)C[C@@](O)(C(=O)CO)C[C@@H]3OC1CC(N2CCC=C2C)C(O)C(C)O1. The van der Waals surface area contributed by atoms with E-state index < -0.39 is 89.6 Å². The van der Waals surface area contributed by atoms with E-state index in [4.69, 9.17) is 14.2 Å². The van der Waals surface area contributed by atoms with Gasteiger partial charge in [0.05, 0.1) is 42.0 Å². The number of Topliss-reactive ketones (excluding diaryl/α,β-unsaturated/α-hetero) is 1. The summed E-state index contributed by atoms with van der Waals surface area (Å²) in [7, 11) is 1.34. The van der Waals surface area contributed by atoms with Gasteiger partial charge in [0.15, 0.2) is 17.9 Å². The molecule has 0 radical (unpaired) electrons. The van der Waals surface area contributed by atoms with Gasteiger partial charge in [0.1, 0.15) is 35.6 Å². The number of phenolic OH excluding ortho intramolecular Hbond substituents is 2. The Kier molecular flexibility index (Phi) is 7.53. The summed E-state index contributed by atoms with van der Waals surface area (Å²) < 4.78 is 17.6. The van der Waals surface area contributed by atoms with Crippen LogP contribution in [0.5, 0.6) is 17.2 Å². The minimum atomic E-state index is -2.24. The normalized spacial score (nSPS) is 29.5. The molecule has 4 unspecified atom stereocenters. The predicted octanol–water partition coefficient (Wildman–Crippen LogP) is 1.65. The van der Waals surface area contributed by atoms with E-state index in [0.717, 1.165) is 12.1 Å². The van der Waals surface area contributed by atoms with Gasteiger partial charge in [-0.1, -0.05) is 18.2 Å². The first-order valence-electron chi connectivity index (χ1n) is 14.6. The zero-order chi connectivity index (χ0) is 31.7. The molecule has 6 atom stereocenters. The van der Waals surface area contributed by atoms with Gasteiger partial charge < -0.3 is 44.6 Å². The topological polar surface area (TPSA) is 183 Å². The molecule has 4 aliphatic rings. The van der Waals surface area contributed by atoms with Crippen LogP contribution in [0.2, 0.25) is 0 Å². The van der Waals surface area contributed by atoms with Crippen LogP contribution in [0.1, 0.15) is 82.2 Å². The molecule has 2 aliphatic heterocycles. The summed E-state index contributed by atoms with van der Waals surface area (Å²) in [5.74, 6) is -3.66. The van der Waals surface area contributed by atoms with Crippen LogP contribution in [0, 0.1) is 0 Å². The Labute approximate surface area is 253 Å². The Morgan fingerprint density at radius 2 is 1.86 bits per heavy atom. The maximum atomic E-state index is 13.8. The van der Waals surface area contributed by atoms with Crippen molar-refractivity contribution in [3.63, 3.8) is 0 Å². The summed E-state index contributed by atoms with van der Waals surface area (Å²) >= 11 is 0. The average molecular weight is 610 g/mol. The Hall–Kier alpha value is -3.81. The number of fused-ring (bicyclic) bond motifs is 3. The molecule has 0 saturated carbocycles. The van der Waals surface area contributed by atoms with Crippen molar-refractivity contribution in [3.05, 3.63) is 63.4 Å². The lowest BCUT2D eigenvalue weighted by atomic mass is 9.72. The van der Waals surface area contributed by atoms with Crippen molar-refractivity contribution in [1.82, 2.24) is 4.90 Å². The molecular weight excluding hydrogens is 574 g/mol. The number of allylic oxidation sites excluding steroid dienone is 1. The van der Waals surface area contributed by atoms with E-state index in [9.17, 15) is 39.9 Å². The van der Waals surface area contributed by atoms with Crippen LogP contribution in [0.3, 0.4) is 0 Å². The number of benzene rings is 2. The van der Waals surface area contributed by atoms with E-state index in [1.807, 2.05) is 6.92 Å². The van der Waals surface area contributed by atoms with Crippen molar-refractivity contribution in [1.29, 1.82) is 0 Å². The molecule has 2 aromatic carbocycles. The molecule has 2 aromatic rings. The molecule has 12 nitrogen and oxygen atoms in total. The summed E-state index contributed by atoms with van der Waals surface area (Å²) in [6.45, 7) is 3.33. The number of hydrogen-bond donors (Lipinski definition) is 5. The molecule has 0 spiro atoms. The van der Waals surface area contributed by atoms with Gasteiger partial charge in [0.25, 0.3) is 0 Å². The number of ketones is 3. The number of carbonyl (C=O) groups is 3. The molecule has 0 bridgehead atoms. The number of carbonyl (C=O) groups excluding carboxylic acids is 3. The minimum absolute atomic E-state index is 0.0396. The molecule has 1 saturated heterocycles. The van der Waals surface area contributed by atoms with Crippen molar-refractivity contribution in [2.45, 2.75) is 75.8 Å². The number of methoxy groups -OCH3 is 1. The Morgan fingerprint density at radius 3 is 2.52 bits per heavy atom. The molecule has 44 heavy (non-hydrogen) atoms. The fourth-order valence-electron chi connectivity index (χ4n) is 7.14. The molecule has 1 fully saturated rings. The quantitative estimate of drug-likeness (QED) is 0.255. The van der Waals surface area contributed by atoms with Crippen LogP contribution in [0.4, 0.5) is 0 Å². The van der Waals surface area contributed by atoms with E-state index in [1.165, 1.54) is 25.3 Å². The fraction of sp³-hybridized carbons (Fsp3) is 0.469. The lowest BCUT2D eigenvalue weighted by Gasteiger charge is -2.45. The second-order valence-corrected chi connectivity index (χ2v) is 11.9. The molecular formula is C32H35NO11. The zero-order valence-corrected chi connectivity index (χ0v) is 24.6.